The molecule has 0 aromatic heterocycles. The van der Waals surface area contributed by atoms with E-state index >= 15 is 0 Å². The Morgan fingerprint density at radius 2 is 1.77 bits per heavy atom. The average Bonchev–Trinajstić information content (AvgIpc) is 2.48. The van der Waals surface area contributed by atoms with Crippen LogP contribution < -0.4 is 9.47 Å². The van der Waals surface area contributed by atoms with Crippen LogP contribution in [0.15, 0.2) is 34.8 Å². The molecule has 3 nitrogen and oxygen atoms in total. The number of rotatable bonds is 6. The fourth-order valence-electron chi connectivity index (χ4n) is 1.87. The normalized spacial score (nSPS) is 10.6. The lowest BCUT2D eigenvalue weighted by molar-refractivity contribution is 0.263. The first-order valence-electron chi connectivity index (χ1n) is 6.68. The van der Waals surface area contributed by atoms with Crippen molar-refractivity contribution in [3.05, 3.63) is 56.0 Å². The van der Waals surface area contributed by atoms with E-state index in [1.54, 1.807) is 24.3 Å². The first kappa shape index (κ1) is 17.4. The highest BCUT2D eigenvalue weighted by Gasteiger charge is 2.11. The first-order valence-corrected chi connectivity index (χ1v) is 8.22. The summed E-state index contributed by atoms with van der Waals surface area (Å²) >= 11 is 15.4. The lowest BCUT2D eigenvalue weighted by atomic mass is 10.2. The van der Waals surface area contributed by atoms with Gasteiger partial charge in [-0.1, -0.05) is 45.2 Å². The summed E-state index contributed by atoms with van der Waals surface area (Å²) < 4.78 is 12.1. The van der Waals surface area contributed by atoms with Crippen LogP contribution in [0.3, 0.4) is 0 Å². The van der Waals surface area contributed by atoms with Crippen LogP contribution in [-0.4, -0.2) is 11.7 Å². The molecule has 0 aliphatic heterocycles. The molecule has 0 spiro atoms. The summed E-state index contributed by atoms with van der Waals surface area (Å²) in [5, 5.41) is 10.5. The maximum Gasteiger partial charge on any atom is 0.162 e. The summed E-state index contributed by atoms with van der Waals surface area (Å²) in [5.74, 6) is 1.16. The molecule has 0 unspecified atom stereocenters. The smallest absolute Gasteiger partial charge is 0.162 e. The fourth-order valence-corrected chi connectivity index (χ4v) is 2.78. The standard InChI is InChI=1S/C16H15BrCl2O3/c1-2-21-15-5-11(8-20)13(17)7-16(15)22-9-10-3-4-12(18)6-14(10)19/h3-7,20H,2,8-9H2,1H3. The highest BCUT2D eigenvalue weighted by Crippen LogP contribution is 2.35. The van der Waals surface area contributed by atoms with Crippen molar-refractivity contribution >= 4 is 39.1 Å². The lowest BCUT2D eigenvalue weighted by Crippen LogP contribution is -2.01. The van der Waals surface area contributed by atoms with Crippen molar-refractivity contribution in [2.24, 2.45) is 0 Å². The van der Waals surface area contributed by atoms with Crippen LogP contribution in [0.1, 0.15) is 18.1 Å². The van der Waals surface area contributed by atoms with Gasteiger partial charge in [0, 0.05) is 20.1 Å². The molecule has 0 heterocycles. The maximum absolute atomic E-state index is 9.32. The van der Waals surface area contributed by atoms with E-state index in [-0.39, 0.29) is 6.61 Å². The van der Waals surface area contributed by atoms with E-state index in [1.807, 2.05) is 13.0 Å². The Morgan fingerprint density at radius 1 is 1.05 bits per heavy atom. The highest BCUT2D eigenvalue weighted by molar-refractivity contribution is 9.10. The summed E-state index contributed by atoms with van der Waals surface area (Å²) in [6.07, 6.45) is 0. The zero-order chi connectivity index (χ0) is 16.1. The molecule has 0 fully saturated rings. The van der Waals surface area contributed by atoms with Crippen molar-refractivity contribution < 1.29 is 14.6 Å². The number of ether oxygens (including phenoxy) is 2. The van der Waals surface area contributed by atoms with Gasteiger partial charge in [-0.05, 0) is 36.8 Å². The molecular formula is C16H15BrCl2O3. The first-order chi connectivity index (χ1) is 10.5. The Balaban J connectivity index is 2.22. The van der Waals surface area contributed by atoms with E-state index in [9.17, 15) is 5.11 Å². The third-order valence-corrected chi connectivity index (χ3v) is 4.31. The number of halogens is 3. The van der Waals surface area contributed by atoms with Gasteiger partial charge in [0.05, 0.1) is 13.2 Å². The molecule has 6 heteroatoms. The van der Waals surface area contributed by atoms with Gasteiger partial charge < -0.3 is 14.6 Å². The Bertz CT molecular complexity index is 662. The van der Waals surface area contributed by atoms with E-state index < -0.39 is 0 Å². The van der Waals surface area contributed by atoms with Gasteiger partial charge in [-0.25, -0.2) is 0 Å². The molecule has 2 aromatic rings. The van der Waals surface area contributed by atoms with Crippen LogP contribution in [0, 0.1) is 0 Å². The summed E-state index contributed by atoms with van der Waals surface area (Å²) in [5.41, 5.74) is 1.57. The zero-order valence-electron chi connectivity index (χ0n) is 11.9. The Labute approximate surface area is 147 Å². The van der Waals surface area contributed by atoms with Gasteiger partial charge in [-0.15, -0.1) is 0 Å². The minimum atomic E-state index is -0.0794. The summed E-state index contributed by atoms with van der Waals surface area (Å²) in [4.78, 5) is 0. The largest absolute Gasteiger partial charge is 0.490 e. The third-order valence-electron chi connectivity index (χ3n) is 2.98. The highest BCUT2D eigenvalue weighted by atomic mass is 79.9. The molecule has 0 radical (unpaired) electrons. The van der Waals surface area contributed by atoms with E-state index in [0.717, 1.165) is 15.6 Å². The monoisotopic (exact) mass is 404 g/mol. The topological polar surface area (TPSA) is 38.7 Å². The Hall–Kier alpha value is -0.940. The van der Waals surface area contributed by atoms with Crippen LogP contribution in [0.25, 0.3) is 0 Å². The molecule has 0 aliphatic carbocycles. The lowest BCUT2D eigenvalue weighted by Gasteiger charge is -2.15. The van der Waals surface area contributed by atoms with Gasteiger partial charge in [0.25, 0.3) is 0 Å². The van der Waals surface area contributed by atoms with Crippen LogP contribution in [0.5, 0.6) is 11.5 Å². The van der Waals surface area contributed by atoms with Crippen LogP contribution in [-0.2, 0) is 13.2 Å². The van der Waals surface area contributed by atoms with Crippen molar-refractivity contribution in [3.8, 4) is 11.5 Å². The quantitative estimate of drug-likeness (QED) is 0.715. The van der Waals surface area contributed by atoms with E-state index in [2.05, 4.69) is 15.9 Å². The third kappa shape index (κ3) is 4.29. The van der Waals surface area contributed by atoms with Crippen LogP contribution >= 0.6 is 39.1 Å². The number of aliphatic hydroxyl groups is 1. The molecule has 1 N–H and O–H groups in total. The predicted molar refractivity (Wildman–Crippen MR) is 92.0 cm³/mol. The molecule has 2 rings (SSSR count). The van der Waals surface area contributed by atoms with Gasteiger partial charge in [-0.3, -0.25) is 0 Å². The summed E-state index contributed by atoms with van der Waals surface area (Å²) in [6, 6.07) is 8.80. The molecule has 2 aromatic carbocycles. The predicted octanol–water partition coefficient (Wildman–Crippen LogP) is 5.23. The second-order valence-electron chi connectivity index (χ2n) is 4.51. The van der Waals surface area contributed by atoms with Crippen LogP contribution in [0.2, 0.25) is 10.0 Å². The fraction of sp³-hybridized carbons (Fsp3) is 0.250. The van der Waals surface area contributed by atoms with E-state index in [4.69, 9.17) is 32.7 Å². The molecule has 0 atom stereocenters. The minimum absolute atomic E-state index is 0.0794. The van der Waals surface area contributed by atoms with Gasteiger partial charge in [0.2, 0.25) is 0 Å². The average molecular weight is 406 g/mol. The SMILES string of the molecule is CCOc1cc(CO)c(Br)cc1OCc1ccc(Cl)cc1Cl. The van der Waals surface area contributed by atoms with Crippen molar-refractivity contribution in [2.45, 2.75) is 20.1 Å². The zero-order valence-corrected chi connectivity index (χ0v) is 15.0. The van der Waals surface area contributed by atoms with Gasteiger partial charge in [0.15, 0.2) is 11.5 Å². The molecule has 0 amide bonds. The molecule has 0 bridgehead atoms. The van der Waals surface area contributed by atoms with Gasteiger partial charge >= 0.3 is 0 Å². The van der Waals surface area contributed by atoms with Gasteiger partial charge in [0.1, 0.15) is 6.61 Å². The molecule has 118 valence electrons. The Morgan fingerprint density at radius 3 is 2.41 bits per heavy atom. The van der Waals surface area contributed by atoms with Crippen LogP contribution in [0.4, 0.5) is 0 Å². The van der Waals surface area contributed by atoms with Crippen molar-refractivity contribution in [1.82, 2.24) is 0 Å². The van der Waals surface area contributed by atoms with Crippen molar-refractivity contribution in [2.75, 3.05) is 6.61 Å². The second-order valence-corrected chi connectivity index (χ2v) is 6.20. The molecular weight excluding hydrogens is 391 g/mol. The summed E-state index contributed by atoms with van der Waals surface area (Å²) in [6.45, 7) is 2.61. The Kier molecular flexibility index (Phi) is 6.38. The van der Waals surface area contributed by atoms with Crippen molar-refractivity contribution in [3.63, 3.8) is 0 Å². The molecule has 0 saturated carbocycles. The molecule has 22 heavy (non-hydrogen) atoms. The second kappa shape index (κ2) is 8.06. The van der Waals surface area contributed by atoms with E-state index in [0.29, 0.717) is 34.8 Å². The van der Waals surface area contributed by atoms with Crippen molar-refractivity contribution in [1.29, 1.82) is 0 Å². The number of aliphatic hydroxyl groups excluding tert-OH is 1. The maximum atomic E-state index is 9.32. The number of hydrogen-bond donors (Lipinski definition) is 1. The minimum Gasteiger partial charge on any atom is -0.490 e. The number of hydrogen-bond acceptors (Lipinski definition) is 3. The molecule has 0 aliphatic rings. The van der Waals surface area contributed by atoms with E-state index in [1.165, 1.54) is 0 Å². The number of benzene rings is 2. The molecule has 0 saturated heterocycles. The van der Waals surface area contributed by atoms with Gasteiger partial charge in [-0.2, -0.15) is 0 Å². The summed E-state index contributed by atoms with van der Waals surface area (Å²) in [7, 11) is 0.